The third-order valence-corrected chi connectivity index (χ3v) is 9.68. The Morgan fingerprint density at radius 2 is 0.978 bits per heavy atom. The minimum Gasteiger partial charge on any atom is -0.309 e. The van der Waals surface area contributed by atoms with Crippen molar-refractivity contribution in [1.82, 2.24) is 13.7 Å². The Morgan fingerprint density at radius 3 is 1.64 bits per heavy atom. The van der Waals surface area contributed by atoms with Crippen molar-refractivity contribution in [3.8, 4) is 17.1 Å². The zero-order valence-corrected chi connectivity index (χ0v) is 24.7. The quantitative estimate of drug-likeness (QED) is 0.199. The van der Waals surface area contributed by atoms with Gasteiger partial charge in [0.05, 0.1) is 27.8 Å². The SMILES string of the molecule is C1=Cc2c(cccc2-n2c3ccccc3c3c4ccccc4n(-c4cccc(-n5c6ccccc6c6ccccc65)c4)c32)CC1. The minimum absolute atomic E-state index is 1.08. The Balaban J connectivity index is 1.33. The van der Waals surface area contributed by atoms with Crippen molar-refractivity contribution in [2.45, 2.75) is 12.8 Å². The van der Waals surface area contributed by atoms with Gasteiger partial charge in [-0.15, -0.1) is 0 Å². The maximum atomic E-state index is 2.51. The molecule has 0 radical (unpaired) electrons. The van der Waals surface area contributed by atoms with Crippen molar-refractivity contribution in [3.05, 3.63) is 157 Å². The van der Waals surface area contributed by atoms with Crippen LogP contribution in [0.4, 0.5) is 0 Å². The molecule has 9 aromatic rings. The molecule has 0 saturated heterocycles. The summed E-state index contributed by atoms with van der Waals surface area (Å²) < 4.78 is 7.39. The van der Waals surface area contributed by atoms with Crippen molar-refractivity contribution in [1.29, 1.82) is 0 Å². The molecule has 45 heavy (non-hydrogen) atoms. The second-order valence-corrected chi connectivity index (χ2v) is 12.1. The number of rotatable bonds is 3. The first-order chi connectivity index (χ1) is 22.4. The van der Waals surface area contributed by atoms with Crippen molar-refractivity contribution < 1.29 is 0 Å². The lowest BCUT2D eigenvalue weighted by Crippen LogP contribution is -2.06. The molecular weight excluding hydrogens is 546 g/mol. The van der Waals surface area contributed by atoms with Gasteiger partial charge < -0.3 is 4.57 Å². The highest BCUT2D eigenvalue weighted by Gasteiger charge is 2.24. The van der Waals surface area contributed by atoms with Crippen LogP contribution in [0, 0.1) is 0 Å². The molecule has 0 unspecified atom stereocenters. The topological polar surface area (TPSA) is 14.8 Å². The van der Waals surface area contributed by atoms with Gasteiger partial charge in [0.2, 0.25) is 0 Å². The molecule has 0 fully saturated rings. The monoisotopic (exact) mass is 575 g/mol. The van der Waals surface area contributed by atoms with Gasteiger partial charge in [-0.2, -0.15) is 0 Å². The van der Waals surface area contributed by atoms with E-state index in [1.165, 1.54) is 71.5 Å². The van der Waals surface area contributed by atoms with Gasteiger partial charge in [-0.3, -0.25) is 9.13 Å². The highest BCUT2D eigenvalue weighted by molar-refractivity contribution is 6.22. The molecule has 6 aromatic carbocycles. The molecule has 0 amide bonds. The summed E-state index contributed by atoms with van der Waals surface area (Å²) >= 11 is 0. The minimum atomic E-state index is 1.08. The average molecular weight is 576 g/mol. The fourth-order valence-electron chi connectivity index (χ4n) is 7.82. The summed E-state index contributed by atoms with van der Waals surface area (Å²) in [6, 6.07) is 51.1. The summed E-state index contributed by atoms with van der Waals surface area (Å²) in [7, 11) is 0. The molecule has 10 rings (SSSR count). The Bertz CT molecular complexity index is 2600. The number of allylic oxidation sites excluding steroid dienone is 1. The van der Waals surface area contributed by atoms with Crippen molar-refractivity contribution in [2.24, 2.45) is 0 Å². The first-order valence-electron chi connectivity index (χ1n) is 15.8. The molecule has 0 N–H and O–H groups in total. The maximum Gasteiger partial charge on any atom is 0.131 e. The Hall–Kier alpha value is -5.80. The van der Waals surface area contributed by atoms with Crippen LogP contribution >= 0.6 is 0 Å². The van der Waals surface area contributed by atoms with Crippen LogP contribution in [0.1, 0.15) is 17.5 Å². The smallest absolute Gasteiger partial charge is 0.131 e. The molecule has 3 aromatic heterocycles. The lowest BCUT2D eigenvalue weighted by molar-refractivity contribution is 0.972. The molecule has 0 bridgehead atoms. The predicted molar refractivity (Wildman–Crippen MR) is 189 cm³/mol. The summed E-state index contributed by atoms with van der Waals surface area (Å²) in [4.78, 5) is 0. The van der Waals surface area contributed by atoms with Crippen molar-refractivity contribution >= 4 is 60.7 Å². The number of fused-ring (bicyclic) bond motifs is 9. The molecule has 3 heteroatoms. The van der Waals surface area contributed by atoms with Gasteiger partial charge in [-0.05, 0) is 66.9 Å². The van der Waals surface area contributed by atoms with Crippen LogP contribution in [-0.2, 0) is 6.42 Å². The number of hydrogen-bond donors (Lipinski definition) is 0. The van der Waals surface area contributed by atoms with Gasteiger partial charge in [0.1, 0.15) is 5.65 Å². The summed E-state index contributed by atoms with van der Waals surface area (Å²) in [5, 5.41) is 6.38. The van der Waals surface area contributed by atoms with E-state index >= 15 is 0 Å². The van der Waals surface area contributed by atoms with E-state index in [0.29, 0.717) is 0 Å². The maximum absolute atomic E-state index is 2.51. The number of nitrogens with zero attached hydrogens (tertiary/aromatic N) is 3. The lowest BCUT2D eigenvalue weighted by atomic mass is 9.96. The number of aryl methyl sites for hydroxylation is 1. The van der Waals surface area contributed by atoms with Gasteiger partial charge >= 0.3 is 0 Å². The van der Waals surface area contributed by atoms with Crippen LogP contribution in [0.5, 0.6) is 0 Å². The molecule has 0 aliphatic heterocycles. The van der Waals surface area contributed by atoms with E-state index in [4.69, 9.17) is 0 Å². The standard InChI is InChI=1S/C42H29N3/c1-2-17-31-28(13-1)14-11-26-36(31)45-40-25-10-6-21-35(40)41-34-20-5-9-24-39(34)44(42(41)45)30-16-12-15-29(27-30)43-37-22-7-3-18-32(37)33-19-4-8-23-38(33)43/h2-12,14-27H,1,13H2. The van der Waals surface area contributed by atoms with E-state index in [2.05, 4.69) is 165 Å². The molecule has 3 nitrogen and oxygen atoms in total. The zero-order chi connectivity index (χ0) is 29.5. The largest absolute Gasteiger partial charge is 0.309 e. The Labute approximate surface area is 260 Å². The predicted octanol–water partition coefficient (Wildman–Crippen LogP) is 10.8. The molecular formula is C42H29N3. The van der Waals surface area contributed by atoms with Gasteiger partial charge in [0.15, 0.2) is 0 Å². The first-order valence-corrected chi connectivity index (χ1v) is 15.8. The number of para-hydroxylation sites is 4. The van der Waals surface area contributed by atoms with Gasteiger partial charge in [-0.25, -0.2) is 0 Å². The molecule has 0 atom stereocenters. The number of aromatic nitrogens is 3. The van der Waals surface area contributed by atoms with E-state index in [0.717, 1.165) is 24.2 Å². The highest BCUT2D eigenvalue weighted by Crippen LogP contribution is 2.42. The zero-order valence-electron chi connectivity index (χ0n) is 24.7. The second kappa shape index (κ2) is 9.35. The van der Waals surface area contributed by atoms with Crippen molar-refractivity contribution in [2.75, 3.05) is 0 Å². The van der Waals surface area contributed by atoms with Crippen LogP contribution in [0.2, 0.25) is 0 Å². The Kier molecular flexibility index (Phi) is 5.11. The van der Waals surface area contributed by atoms with Crippen LogP contribution in [0.15, 0.2) is 146 Å². The second-order valence-electron chi connectivity index (χ2n) is 12.1. The molecule has 212 valence electrons. The molecule has 0 saturated carbocycles. The lowest BCUT2D eigenvalue weighted by Gasteiger charge is -2.19. The van der Waals surface area contributed by atoms with Crippen LogP contribution in [-0.4, -0.2) is 13.7 Å². The summed E-state index contributed by atoms with van der Waals surface area (Å²) in [5.74, 6) is 0. The van der Waals surface area contributed by atoms with Gasteiger partial charge in [0, 0.05) is 43.9 Å². The summed E-state index contributed by atoms with van der Waals surface area (Å²) in [5.41, 5.74) is 12.3. The number of benzene rings is 6. The third kappa shape index (κ3) is 3.41. The fraction of sp³-hybridized carbons (Fsp3) is 0.0476. The molecule has 0 spiro atoms. The van der Waals surface area contributed by atoms with Gasteiger partial charge in [-0.1, -0.05) is 103 Å². The summed E-state index contributed by atoms with van der Waals surface area (Å²) in [6.07, 6.45) is 6.81. The summed E-state index contributed by atoms with van der Waals surface area (Å²) in [6.45, 7) is 0. The molecule has 1 aliphatic carbocycles. The van der Waals surface area contributed by atoms with E-state index in [-0.39, 0.29) is 0 Å². The van der Waals surface area contributed by atoms with Crippen LogP contribution < -0.4 is 0 Å². The fourth-order valence-corrected chi connectivity index (χ4v) is 7.82. The van der Waals surface area contributed by atoms with E-state index in [1.54, 1.807) is 0 Å². The number of hydrogen-bond acceptors (Lipinski definition) is 0. The normalized spacial score (nSPS) is 13.1. The molecule has 3 heterocycles. The van der Waals surface area contributed by atoms with Gasteiger partial charge in [0.25, 0.3) is 0 Å². The van der Waals surface area contributed by atoms with E-state index in [1.807, 2.05) is 0 Å². The first kappa shape index (κ1) is 24.6. The Morgan fingerprint density at radius 1 is 0.444 bits per heavy atom. The van der Waals surface area contributed by atoms with Crippen LogP contribution in [0.25, 0.3) is 77.8 Å². The third-order valence-electron chi connectivity index (χ3n) is 9.68. The molecule has 1 aliphatic rings. The van der Waals surface area contributed by atoms with E-state index in [9.17, 15) is 0 Å². The van der Waals surface area contributed by atoms with E-state index < -0.39 is 0 Å². The van der Waals surface area contributed by atoms with Crippen molar-refractivity contribution in [3.63, 3.8) is 0 Å². The average Bonchev–Trinajstić information content (AvgIpc) is 3.74. The highest BCUT2D eigenvalue weighted by atomic mass is 15.1. The van der Waals surface area contributed by atoms with Crippen LogP contribution in [0.3, 0.4) is 0 Å².